The Morgan fingerprint density at radius 2 is 1.90 bits per heavy atom. The largest absolute Gasteiger partial charge is 0.507 e. The fourth-order valence-corrected chi connectivity index (χ4v) is 1.70. The normalized spacial score (nSPS) is 10.7. The van der Waals surface area contributed by atoms with Gasteiger partial charge in [0, 0.05) is 11.8 Å². The Hall–Kier alpha value is -2.62. The van der Waals surface area contributed by atoms with E-state index in [0.29, 0.717) is 23.4 Å². The van der Waals surface area contributed by atoms with Gasteiger partial charge in [0.2, 0.25) is 0 Å². The molecule has 1 N–H and O–H groups in total. The first-order valence-electron chi connectivity index (χ1n) is 6.30. The quantitative estimate of drug-likeness (QED) is 0.684. The minimum Gasteiger partial charge on any atom is -0.507 e. The number of esters is 1. The molecule has 0 spiro atoms. The highest BCUT2D eigenvalue weighted by Crippen LogP contribution is 2.21. The van der Waals surface area contributed by atoms with Crippen LogP contribution in [0.25, 0.3) is 0 Å². The molecule has 4 nitrogen and oxygen atoms in total. The molecule has 0 aliphatic carbocycles. The van der Waals surface area contributed by atoms with Gasteiger partial charge in [-0.2, -0.15) is 0 Å². The van der Waals surface area contributed by atoms with Gasteiger partial charge in [-0.3, -0.25) is 4.99 Å². The first-order chi connectivity index (χ1) is 9.72. The smallest absolute Gasteiger partial charge is 0.340 e. The molecule has 0 saturated heterocycles. The molecule has 0 atom stereocenters. The number of phenolic OH excluding ortho intramolecular Hbond substituents is 1. The van der Waals surface area contributed by atoms with Gasteiger partial charge in [-0.15, -0.1) is 0 Å². The first kappa shape index (κ1) is 13.8. The summed E-state index contributed by atoms with van der Waals surface area (Å²) in [5.41, 5.74) is 1.50. The monoisotopic (exact) mass is 269 g/mol. The molecule has 0 fully saturated rings. The van der Waals surface area contributed by atoms with Gasteiger partial charge >= 0.3 is 5.97 Å². The summed E-state index contributed by atoms with van der Waals surface area (Å²) in [5, 5.41) is 9.67. The summed E-state index contributed by atoms with van der Waals surface area (Å²) in [6.45, 7) is 2.07. The second kappa shape index (κ2) is 6.52. The molecule has 20 heavy (non-hydrogen) atoms. The van der Waals surface area contributed by atoms with Crippen LogP contribution in [0.4, 0.5) is 5.69 Å². The van der Waals surface area contributed by atoms with Crippen molar-refractivity contribution < 1.29 is 14.6 Å². The van der Waals surface area contributed by atoms with Crippen LogP contribution in [0.3, 0.4) is 0 Å². The van der Waals surface area contributed by atoms with Gasteiger partial charge in [0.25, 0.3) is 0 Å². The number of nitrogens with zero attached hydrogens (tertiary/aromatic N) is 1. The fourth-order valence-electron chi connectivity index (χ4n) is 1.70. The highest BCUT2D eigenvalue weighted by Gasteiger charge is 2.10. The van der Waals surface area contributed by atoms with Gasteiger partial charge in [0.15, 0.2) is 0 Å². The summed E-state index contributed by atoms with van der Waals surface area (Å²) in [6.07, 6.45) is 1.52. The third kappa shape index (κ3) is 3.23. The Morgan fingerprint density at radius 1 is 1.20 bits per heavy atom. The Balaban J connectivity index is 2.30. The zero-order valence-electron chi connectivity index (χ0n) is 11.1. The Morgan fingerprint density at radius 3 is 2.65 bits per heavy atom. The van der Waals surface area contributed by atoms with Crippen LogP contribution < -0.4 is 0 Å². The van der Waals surface area contributed by atoms with Gasteiger partial charge in [0.05, 0.1) is 17.9 Å². The van der Waals surface area contributed by atoms with E-state index in [1.807, 2.05) is 0 Å². The summed E-state index contributed by atoms with van der Waals surface area (Å²) in [5.74, 6) is -0.262. The van der Waals surface area contributed by atoms with Crippen LogP contribution in [0, 0.1) is 0 Å². The Labute approximate surface area is 117 Å². The fraction of sp³-hybridized carbons (Fsp3) is 0.125. The van der Waals surface area contributed by atoms with Crippen molar-refractivity contribution in [1.29, 1.82) is 0 Å². The van der Waals surface area contributed by atoms with E-state index < -0.39 is 5.97 Å². The molecule has 0 bridgehead atoms. The van der Waals surface area contributed by atoms with E-state index in [1.165, 1.54) is 6.21 Å². The summed E-state index contributed by atoms with van der Waals surface area (Å²) in [7, 11) is 0. The van der Waals surface area contributed by atoms with E-state index in [2.05, 4.69) is 4.99 Å². The van der Waals surface area contributed by atoms with Crippen molar-refractivity contribution in [3.8, 4) is 5.75 Å². The van der Waals surface area contributed by atoms with E-state index in [9.17, 15) is 9.90 Å². The first-order valence-corrected chi connectivity index (χ1v) is 6.30. The molecule has 2 aromatic rings. The van der Waals surface area contributed by atoms with Crippen molar-refractivity contribution >= 4 is 17.9 Å². The lowest BCUT2D eigenvalue weighted by Gasteiger charge is -2.04. The van der Waals surface area contributed by atoms with Crippen molar-refractivity contribution in [3.05, 3.63) is 59.7 Å². The van der Waals surface area contributed by atoms with Gasteiger partial charge in [0.1, 0.15) is 5.75 Å². The molecule has 0 amide bonds. The number of carbonyl (C=O) groups is 1. The maximum Gasteiger partial charge on any atom is 0.340 e. The van der Waals surface area contributed by atoms with E-state index in [1.54, 1.807) is 55.5 Å². The Bertz CT molecular complexity index is 635. The molecular weight excluding hydrogens is 254 g/mol. The topological polar surface area (TPSA) is 58.9 Å². The third-order valence-corrected chi connectivity index (χ3v) is 2.68. The number of carbonyl (C=O) groups excluding carboxylic acids is 1. The Kier molecular flexibility index (Phi) is 4.50. The molecule has 0 heterocycles. The van der Waals surface area contributed by atoms with E-state index >= 15 is 0 Å². The maximum absolute atomic E-state index is 11.8. The molecule has 0 unspecified atom stereocenters. The number of rotatable bonds is 4. The highest BCUT2D eigenvalue weighted by molar-refractivity contribution is 5.96. The average Bonchev–Trinajstić information content (AvgIpc) is 2.47. The van der Waals surface area contributed by atoms with Gasteiger partial charge in [-0.1, -0.05) is 24.3 Å². The number of phenols is 1. The number of aromatic hydroxyl groups is 1. The summed E-state index contributed by atoms with van der Waals surface area (Å²) >= 11 is 0. The standard InChI is InChI=1S/C16H15NO3/c1-2-20-16(19)13-8-4-5-9-14(13)17-11-12-7-3-6-10-15(12)18/h3-11,18H,2H2,1H3. The molecule has 0 saturated carbocycles. The van der Waals surface area contributed by atoms with Crippen molar-refractivity contribution in [1.82, 2.24) is 0 Å². The second-order valence-electron chi connectivity index (χ2n) is 4.05. The van der Waals surface area contributed by atoms with Crippen LogP contribution in [0.5, 0.6) is 5.75 Å². The number of hydrogen-bond donors (Lipinski definition) is 1. The van der Waals surface area contributed by atoms with Crippen LogP contribution in [0.2, 0.25) is 0 Å². The molecule has 102 valence electrons. The highest BCUT2D eigenvalue weighted by atomic mass is 16.5. The SMILES string of the molecule is CCOC(=O)c1ccccc1N=Cc1ccccc1O. The summed E-state index contributed by atoms with van der Waals surface area (Å²) < 4.78 is 4.98. The van der Waals surface area contributed by atoms with E-state index in [-0.39, 0.29) is 5.75 Å². The molecule has 4 heteroatoms. The minimum atomic E-state index is -0.405. The molecule has 2 rings (SSSR count). The lowest BCUT2D eigenvalue weighted by Crippen LogP contribution is -2.04. The lowest BCUT2D eigenvalue weighted by molar-refractivity contribution is 0.0527. The van der Waals surface area contributed by atoms with Crippen molar-refractivity contribution in [2.24, 2.45) is 4.99 Å². The molecule has 0 radical (unpaired) electrons. The predicted octanol–water partition coefficient (Wildman–Crippen LogP) is 3.32. The second-order valence-corrected chi connectivity index (χ2v) is 4.05. The molecule has 0 aliphatic heterocycles. The van der Waals surface area contributed by atoms with Gasteiger partial charge in [-0.05, 0) is 31.2 Å². The van der Waals surface area contributed by atoms with Crippen molar-refractivity contribution in [3.63, 3.8) is 0 Å². The van der Waals surface area contributed by atoms with Crippen molar-refractivity contribution in [2.75, 3.05) is 6.61 Å². The van der Waals surface area contributed by atoms with Gasteiger partial charge < -0.3 is 9.84 Å². The number of ether oxygens (including phenoxy) is 1. The summed E-state index contributed by atoms with van der Waals surface area (Å²) in [6, 6.07) is 13.8. The zero-order chi connectivity index (χ0) is 14.4. The third-order valence-electron chi connectivity index (χ3n) is 2.68. The van der Waals surface area contributed by atoms with E-state index in [0.717, 1.165) is 0 Å². The van der Waals surface area contributed by atoms with Crippen LogP contribution >= 0.6 is 0 Å². The van der Waals surface area contributed by atoms with Crippen LogP contribution in [-0.4, -0.2) is 23.9 Å². The molecular formula is C16H15NO3. The zero-order valence-corrected chi connectivity index (χ0v) is 11.1. The lowest BCUT2D eigenvalue weighted by atomic mass is 10.2. The number of hydrogen-bond acceptors (Lipinski definition) is 4. The van der Waals surface area contributed by atoms with Crippen LogP contribution in [-0.2, 0) is 4.74 Å². The number of benzene rings is 2. The maximum atomic E-state index is 11.8. The summed E-state index contributed by atoms with van der Waals surface area (Å²) in [4.78, 5) is 16.1. The molecule has 2 aromatic carbocycles. The van der Waals surface area contributed by atoms with Crippen molar-refractivity contribution in [2.45, 2.75) is 6.92 Å². The van der Waals surface area contributed by atoms with E-state index in [4.69, 9.17) is 4.74 Å². The minimum absolute atomic E-state index is 0.143. The number of aliphatic imine (C=N–C) groups is 1. The van der Waals surface area contributed by atoms with Crippen LogP contribution in [0.15, 0.2) is 53.5 Å². The average molecular weight is 269 g/mol. The van der Waals surface area contributed by atoms with Gasteiger partial charge in [-0.25, -0.2) is 4.79 Å². The predicted molar refractivity (Wildman–Crippen MR) is 77.8 cm³/mol. The number of para-hydroxylation sites is 2. The molecule has 0 aromatic heterocycles. The van der Waals surface area contributed by atoms with Crippen LogP contribution in [0.1, 0.15) is 22.8 Å². The molecule has 0 aliphatic rings.